The highest BCUT2D eigenvalue weighted by Gasteiger charge is 2.91. The van der Waals surface area contributed by atoms with Crippen LogP contribution in [0.1, 0.15) is 13.8 Å². The van der Waals surface area contributed by atoms with Gasteiger partial charge in [0.2, 0.25) is 0 Å². The van der Waals surface area contributed by atoms with Crippen LogP contribution in [0.3, 0.4) is 0 Å². The van der Waals surface area contributed by atoms with Gasteiger partial charge in [-0.3, -0.25) is 0 Å². The van der Waals surface area contributed by atoms with Crippen LogP contribution in [0.2, 0.25) is 0 Å². The second-order valence-corrected chi connectivity index (χ2v) is 5.62. The smallest absolute Gasteiger partial charge is 0.425 e. The maximum atomic E-state index is 13.6. The van der Waals surface area contributed by atoms with E-state index in [4.69, 9.17) is 0 Å². The molecule has 0 aromatic carbocycles. The van der Waals surface area contributed by atoms with Gasteiger partial charge in [0, 0.05) is 6.10 Å². The van der Waals surface area contributed by atoms with Crippen molar-refractivity contribution in [3.63, 3.8) is 0 Å². The second kappa shape index (κ2) is 6.46. The SMILES string of the molecule is CC(O[SiH3])C(C)C(F)(F)C(F)(F)C(F)(F)C(F)(F)C(F)(F)C(F)(F)F. The predicted molar refractivity (Wildman–Crippen MR) is 60.4 cm³/mol. The quantitative estimate of drug-likeness (QED) is 0.445. The lowest BCUT2D eigenvalue weighted by Gasteiger charge is -2.42. The summed E-state index contributed by atoms with van der Waals surface area (Å²) < 4.78 is 172. The molecule has 0 saturated carbocycles. The first-order valence-electron chi connectivity index (χ1n) is 6.13. The molecule has 2 atom stereocenters. The average molecular weight is 422 g/mol. The predicted octanol–water partition coefficient (Wildman–Crippen LogP) is 4.05. The molecule has 0 rings (SSSR count). The zero-order chi connectivity index (χ0) is 20.9. The summed E-state index contributed by atoms with van der Waals surface area (Å²) in [5, 5.41) is 0. The fraction of sp³-hybridized carbons (Fsp3) is 1.00. The number of hydrogen-bond acceptors (Lipinski definition) is 1. The van der Waals surface area contributed by atoms with E-state index in [1.54, 1.807) is 0 Å². The van der Waals surface area contributed by atoms with Crippen molar-refractivity contribution in [2.75, 3.05) is 0 Å². The highest BCUT2D eigenvalue weighted by atomic mass is 28.2. The van der Waals surface area contributed by atoms with Crippen molar-refractivity contribution >= 4 is 10.5 Å². The zero-order valence-corrected chi connectivity index (χ0v) is 14.5. The molecule has 0 fully saturated rings. The van der Waals surface area contributed by atoms with Gasteiger partial charge in [-0.05, 0) is 6.92 Å². The van der Waals surface area contributed by atoms with Gasteiger partial charge in [-0.15, -0.1) is 0 Å². The van der Waals surface area contributed by atoms with E-state index in [0.717, 1.165) is 0 Å². The van der Waals surface area contributed by atoms with Crippen molar-refractivity contribution in [1.82, 2.24) is 0 Å². The molecule has 0 amide bonds. The molecule has 0 bridgehead atoms. The van der Waals surface area contributed by atoms with E-state index >= 15 is 0 Å². The first-order chi connectivity index (χ1) is 10.6. The maximum absolute atomic E-state index is 13.6. The van der Waals surface area contributed by atoms with Crippen LogP contribution in [0.4, 0.5) is 57.1 Å². The topological polar surface area (TPSA) is 9.23 Å². The molecule has 0 N–H and O–H groups in total. The van der Waals surface area contributed by atoms with Gasteiger partial charge in [0.25, 0.3) is 0 Å². The standard InChI is InChI=1S/C10H11F13OSi/c1-3(4(2)24-25)5(11,12)6(13,14)7(15,16)8(17,18)9(19,20)10(21,22)23/h3-4H,1-2,25H3. The van der Waals surface area contributed by atoms with Gasteiger partial charge in [-0.25, -0.2) is 0 Å². The monoisotopic (exact) mass is 422 g/mol. The largest absolute Gasteiger partial charge is 0.460 e. The first kappa shape index (κ1) is 24.3. The zero-order valence-electron chi connectivity index (χ0n) is 12.5. The van der Waals surface area contributed by atoms with Gasteiger partial charge >= 0.3 is 35.8 Å². The molecular weight excluding hydrogens is 411 g/mol. The Morgan fingerprint density at radius 3 is 1.20 bits per heavy atom. The minimum Gasteiger partial charge on any atom is -0.425 e. The van der Waals surface area contributed by atoms with Gasteiger partial charge < -0.3 is 4.43 Å². The third-order valence-electron chi connectivity index (χ3n) is 3.61. The van der Waals surface area contributed by atoms with Crippen LogP contribution in [0, 0.1) is 5.92 Å². The van der Waals surface area contributed by atoms with Crippen LogP contribution in [0.15, 0.2) is 0 Å². The average Bonchev–Trinajstić information content (AvgIpc) is 2.43. The Bertz CT molecular complexity index is 472. The third kappa shape index (κ3) is 3.32. The van der Waals surface area contributed by atoms with Gasteiger partial charge in [-0.1, -0.05) is 6.92 Å². The van der Waals surface area contributed by atoms with Crippen LogP contribution >= 0.6 is 0 Å². The summed E-state index contributed by atoms with van der Waals surface area (Å²) in [6.07, 6.45) is -9.30. The van der Waals surface area contributed by atoms with Crippen LogP contribution in [0.5, 0.6) is 0 Å². The molecule has 0 aromatic rings. The summed E-state index contributed by atoms with van der Waals surface area (Å²) >= 11 is 0. The lowest BCUT2D eigenvalue weighted by atomic mass is 9.86. The number of halogens is 13. The van der Waals surface area contributed by atoms with E-state index in [9.17, 15) is 57.1 Å². The molecule has 0 spiro atoms. The van der Waals surface area contributed by atoms with E-state index in [-0.39, 0.29) is 17.4 Å². The highest BCUT2D eigenvalue weighted by molar-refractivity contribution is 5.98. The molecule has 0 radical (unpaired) electrons. The van der Waals surface area contributed by atoms with Crippen molar-refractivity contribution in [3.8, 4) is 0 Å². The van der Waals surface area contributed by atoms with Crippen LogP contribution in [-0.2, 0) is 4.43 Å². The molecule has 0 heterocycles. The Morgan fingerprint density at radius 2 is 0.920 bits per heavy atom. The number of alkyl halides is 13. The summed E-state index contributed by atoms with van der Waals surface area (Å²) in [4.78, 5) is 0. The summed E-state index contributed by atoms with van der Waals surface area (Å²) in [5.41, 5.74) is 0. The highest BCUT2D eigenvalue weighted by Crippen LogP contribution is 2.61. The summed E-state index contributed by atoms with van der Waals surface area (Å²) in [6, 6.07) is 0. The molecule has 0 aliphatic carbocycles. The lowest BCUT2D eigenvalue weighted by Crippen LogP contribution is -2.71. The van der Waals surface area contributed by atoms with Crippen molar-refractivity contribution < 1.29 is 61.5 Å². The molecule has 0 aliphatic rings. The molecule has 0 aliphatic heterocycles. The molecular formula is C10H11F13OSi. The summed E-state index contributed by atoms with van der Waals surface area (Å²) in [6.45, 7) is 0.828. The Labute approximate surface area is 135 Å². The van der Waals surface area contributed by atoms with Crippen molar-refractivity contribution in [2.24, 2.45) is 5.92 Å². The van der Waals surface area contributed by atoms with Gasteiger partial charge in [0.15, 0.2) is 0 Å². The molecule has 2 unspecified atom stereocenters. The Kier molecular flexibility index (Phi) is 6.27. The van der Waals surface area contributed by atoms with Gasteiger partial charge in [0.05, 0.1) is 5.92 Å². The Hall–Kier alpha value is -0.733. The molecule has 0 aromatic heterocycles. The Morgan fingerprint density at radius 1 is 0.600 bits per heavy atom. The summed E-state index contributed by atoms with van der Waals surface area (Å²) in [5.74, 6) is -39.6. The summed E-state index contributed by atoms with van der Waals surface area (Å²) in [7, 11) is -0.375. The molecule has 25 heavy (non-hydrogen) atoms. The van der Waals surface area contributed by atoms with Crippen molar-refractivity contribution in [3.05, 3.63) is 0 Å². The maximum Gasteiger partial charge on any atom is 0.460 e. The number of hydrogen-bond donors (Lipinski definition) is 0. The molecule has 152 valence electrons. The fourth-order valence-electron chi connectivity index (χ4n) is 1.57. The van der Waals surface area contributed by atoms with E-state index < -0.39 is 47.8 Å². The van der Waals surface area contributed by atoms with Crippen molar-refractivity contribution in [2.45, 2.75) is 55.7 Å². The molecule has 0 saturated heterocycles. The van der Waals surface area contributed by atoms with E-state index in [0.29, 0.717) is 6.92 Å². The minimum atomic E-state index is -7.87. The van der Waals surface area contributed by atoms with E-state index in [1.165, 1.54) is 0 Å². The minimum absolute atomic E-state index is 0.159. The first-order valence-corrected chi connectivity index (χ1v) is 6.94. The molecule has 1 nitrogen and oxygen atoms in total. The van der Waals surface area contributed by atoms with E-state index in [1.807, 2.05) is 0 Å². The molecule has 15 heteroatoms. The normalized spacial score (nSPS) is 18.4. The van der Waals surface area contributed by atoms with Gasteiger partial charge in [0.1, 0.15) is 10.5 Å². The van der Waals surface area contributed by atoms with Gasteiger partial charge in [-0.2, -0.15) is 57.1 Å². The van der Waals surface area contributed by atoms with Crippen molar-refractivity contribution in [1.29, 1.82) is 0 Å². The fourth-order valence-corrected chi connectivity index (χ4v) is 1.97. The second-order valence-electron chi connectivity index (χ2n) is 5.15. The lowest BCUT2D eigenvalue weighted by molar-refractivity contribution is -0.443. The number of rotatable bonds is 7. The van der Waals surface area contributed by atoms with E-state index in [2.05, 4.69) is 4.43 Å². The van der Waals surface area contributed by atoms with Crippen LogP contribution in [-0.4, -0.2) is 52.4 Å². The van der Waals surface area contributed by atoms with Crippen LogP contribution in [0.25, 0.3) is 0 Å². The Balaban J connectivity index is 6.30. The third-order valence-corrected chi connectivity index (χ3v) is 4.35. The van der Waals surface area contributed by atoms with Crippen LogP contribution < -0.4 is 0 Å².